The van der Waals surface area contributed by atoms with Crippen LogP contribution >= 0.6 is 11.3 Å². The van der Waals surface area contributed by atoms with Crippen molar-refractivity contribution in [3.63, 3.8) is 0 Å². The third kappa shape index (κ3) is 3.35. The molecule has 0 amide bonds. The lowest BCUT2D eigenvalue weighted by molar-refractivity contribution is 0.300. The number of hydrogen-bond acceptors (Lipinski definition) is 3. The standard InChI is InChI=1S/C18H28N2S/c1-2-5-15(4-1)18(17-6-3-11-21-17)19-12-14-9-10-20(13-14)16-7-8-16/h3,6,11,14-16,18-19H,1-2,4-5,7-10,12-13H2. The van der Waals surface area contributed by atoms with E-state index in [9.17, 15) is 0 Å². The van der Waals surface area contributed by atoms with E-state index in [1.165, 1.54) is 64.6 Å². The second kappa shape index (κ2) is 6.39. The fraction of sp³-hybridized carbons (Fsp3) is 0.778. The summed E-state index contributed by atoms with van der Waals surface area (Å²) in [6.07, 6.45) is 10.1. The second-order valence-corrected chi connectivity index (χ2v) is 8.31. The molecule has 1 saturated heterocycles. The first kappa shape index (κ1) is 14.2. The van der Waals surface area contributed by atoms with Gasteiger partial charge in [-0.25, -0.2) is 0 Å². The Morgan fingerprint density at radius 1 is 1.19 bits per heavy atom. The van der Waals surface area contributed by atoms with Gasteiger partial charge < -0.3 is 10.2 Å². The molecular weight excluding hydrogens is 276 g/mol. The minimum absolute atomic E-state index is 0.627. The highest BCUT2D eigenvalue weighted by atomic mass is 32.1. The molecule has 2 aliphatic carbocycles. The van der Waals surface area contributed by atoms with Gasteiger partial charge in [0.05, 0.1) is 0 Å². The fourth-order valence-electron chi connectivity index (χ4n) is 4.35. The molecule has 0 bridgehead atoms. The Kier molecular flexibility index (Phi) is 4.33. The van der Waals surface area contributed by atoms with Gasteiger partial charge in [0.15, 0.2) is 0 Å². The molecule has 4 rings (SSSR count). The van der Waals surface area contributed by atoms with Gasteiger partial charge >= 0.3 is 0 Å². The predicted molar refractivity (Wildman–Crippen MR) is 89.7 cm³/mol. The van der Waals surface area contributed by atoms with Crippen LogP contribution in [0.3, 0.4) is 0 Å². The molecule has 2 heterocycles. The lowest BCUT2D eigenvalue weighted by atomic mass is 9.96. The molecule has 2 nitrogen and oxygen atoms in total. The topological polar surface area (TPSA) is 15.3 Å². The van der Waals surface area contributed by atoms with E-state index in [1.807, 2.05) is 11.3 Å². The number of rotatable bonds is 6. The van der Waals surface area contributed by atoms with Crippen LogP contribution in [0, 0.1) is 11.8 Å². The van der Waals surface area contributed by atoms with E-state index in [-0.39, 0.29) is 0 Å². The van der Waals surface area contributed by atoms with E-state index in [2.05, 4.69) is 27.7 Å². The molecule has 3 aliphatic rings. The lowest BCUT2D eigenvalue weighted by Gasteiger charge is -2.25. The van der Waals surface area contributed by atoms with E-state index in [4.69, 9.17) is 0 Å². The smallest absolute Gasteiger partial charge is 0.0443 e. The molecule has 1 aliphatic heterocycles. The average molecular weight is 305 g/mol. The summed E-state index contributed by atoms with van der Waals surface area (Å²) >= 11 is 1.94. The molecule has 0 spiro atoms. The molecule has 2 saturated carbocycles. The van der Waals surface area contributed by atoms with Gasteiger partial charge in [0.25, 0.3) is 0 Å². The Bertz CT molecular complexity index is 434. The van der Waals surface area contributed by atoms with E-state index in [1.54, 1.807) is 4.88 Å². The van der Waals surface area contributed by atoms with Crippen LogP contribution in [0.25, 0.3) is 0 Å². The van der Waals surface area contributed by atoms with Gasteiger partial charge in [0, 0.05) is 23.5 Å². The van der Waals surface area contributed by atoms with Gasteiger partial charge in [-0.05, 0) is 68.5 Å². The molecule has 0 aromatic carbocycles. The summed E-state index contributed by atoms with van der Waals surface area (Å²) in [6.45, 7) is 3.92. The maximum Gasteiger partial charge on any atom is 0.0443 e. The van der Waals surface area contributed by atoms with Crippen LogP contribution in [0.1, 0.15) is 55.9 Å². The first-order valence-corrected chi connectivity index (χ1v) is 9.79. The van der Waals surface area contributed by atoms with Crippen LogP contribution in [-0.2, 0) is 0 Å². The van der Waals surface area contributed by atoms with Gasteiger partial charge in [-0.15, -0.1) is 11.3 Å². The first-order valence-electron chi connectivity index (χ1n) is 8.91. The monoisotopic (exact) mass is 304 g/mol. The summed E-state index contributed by atoms with van der Waals surface area (Å²) in [6, 6.07) is 6.14. The normalized spacial score (nSPS) is 29.2. The Hall–Kier alpha value is -0.380. The second-order valence-electron chi connectivity index (χ2n) is 7.33. The van der Waals surface area contributed by atoms with Crippen molar-refractivity contribution in [2.75, 3.05) is 19.6 Å². The molecule has 1 aromatic rings. The number of hydrogen-bond donors (Lipinski definition) is 1. The number of thiophene rings is 1. The summed E-state index contributed by atoms with van der Waals surface area (Å²) in [7, 11) is 0. The number of nitrogens with one attached hydrogen (secondary N) is 1. The largest absolute Gasteiger partial charge is 0.309 e. The van der Waals surface area contributed by atoms with Gasteiger partial charge in [-0.3, -0.25) is 0 Å². The summed E-state index contributed by atoms with van der Waals surface area (Å²) < 4.78 is 0. The van der Waals surface area contributed by atoms with E-state index >= 15 is 0 Å². The lowest BCUT2D eigenvalue weighted by Crippen LogP contribution is -2.32. The molecule has 2 atom stereocenters. The Labute approximate surface area is 132 Å². The van der Waals surface area contributed by atoms with E-state index in [0.717, 1.165) is 17.9 Å². The van der Waals surface area contributed by atoms with Crippen molar-refractivity contribution in [2.24, 2.45) is 11.8 Å². The van der Waals surface area contributed by atoms with E-state index < -0.39 is 0 Å². The van der Waals surface area contributed by atoms with Gasteiger partial charge in [0.2, 0.25) is 0 Å². The van der Waals surface area contributed by atoms with Crippen LogP contribution < -0.4 is 5.32 Å². The van der Waals surface area contributed by atoms with Crippen LogP contribution in [0.5, 0.6) is 0 Å². The number of nitrogens with zero attached hydrogens (tertiary/aromatic N) is 1. The van der Waals surface area contributed by atoms with Gasteiger partial charge in [0.1, 0.15) is 0 Å². The Morgan fingerprint density at radius 2 is 2.05 bits per heavy atom. The van der Waals surface area contributed by atoms with Crippen molar-refractivity contribution in [3.8, 4) is 0 Å². The van der Waals surface area contributed by atoms with Gasteiger partial charge in [-0.1, -0.05) is 18.9 Å². The molecule has 1 aromatic heterocycles. The van der Waals surface area contributed by atoms with Crippen molar-refractivity contribution >= 4 is 11.3 Å². The summed E-state index contributed by atoms with van der Waals surface area (Å²) in [5.74, 6) is 1.76. The summed E-state index contributed by atoms with van der Waals surface area (Å²) in [5, 5.41) is 6.21. The molecule has 3 fully saturated rings. The van der Waals surface area contributed by atoms with Crippen molar-refractivity contribution in [2.45, 2.75) is 57.0 Å². The zero-order valence-corrected chi connectivity index (χ0v) is 13.8. The molecule has 0 radical (unpaired) electrons. The van der Waals surface area contributed by atoms with E-state index in [0.29, 0.717) is 6.04 Å². The molecule has 2 unspecified atom stereocenters. The SMILES string of the molecule is c1csc(C(NCC2CCN(C3CC3)C2)C2CCCC2)c1. The van der Waals surface area contributed by atoms with Crippen molar-refractivity contribution in [3.05, 3.63) is 22.4 Å². The van der Waals surface area contributed by atoms with Crippen LogP contribution in [0.4, 0.5) is 0 Å². The van der Waals surface area contributed by atoms with Crippen molar-refractivity contribution in [1.82, 2.24) is 10.2 Å². The minimum Gasteiger partial charge on any atom is -0.309 e. The molecular formula is C18H28N2S. The summed E-state index contributed by atoms with van der Waals surface area (Å²) in [4.78, 5) is 4.31. The molecule has 1 N–H and O–H groups in total. The molecule has 3 heteroatoms. The highest BCUT2D eigenvalue weighted by Crippen LogP contribution is 2.38. The average Bonchev–Trinajstić information content (AvgIpc) is 2.96. The Balaban J connectivity index is 1.34. The fourth-order valence-corrected chi connectivity index (χ4v) is 5.25. The third-order valence-electron chi connectivity index (χ3n) is 5.73. The summed E-state index contributed by atoms with van der Waals surface area (Å²) in [5.41, 5.74) is 0. The van der Waals surface area contributed by atoms with Crippen LogP contribution in [0.15, 0.2) is 17.5 Å². The molecule has 116 valence electrons. The maximum absolute atomic E-state index is 3.97. The van der Waals surface area contributed by atoms with Crippen LogP contribution in [-0.4, -0.2) is 30.6 Å². The molecule has 21 heavy (non-hydrogen) atoms. The third-order valence-corrected chi connectivity index (χ3v) is 6.68. The van der Waals surface area contributed by atoms with Gasteiger partial charge in [-0.2, -0.15) is 0 Å². The number of likely N-dealkylation sites (tertiary alicyclic amines) is 1. The first-order chi connectivity index (χ1) is 10.4. The van der Waals surface area contributed by atoms with Crippen LogP contribution in [0.2, 0.25) is 0 Å². The van der Waals surface area contributed by atoms with Crippen molar-refractivity contribution < 1.29 is 0 Å². The minimum atomic E-state index is 0.627. The predicted octanol–water partition coefficient (Wildman–Crippen LogP) is 4.05. The quantitative estimate of drug-likeness (QED) is 0.853. The Morgan fingerprint density at radius 3 is 2.76 bits per heavy atom. The maximum atomic E-state index is 3.97. The highest BCUT2D eigenvalue weighted by molar-refractivity contribution is 7.10. The van der Waals surface area contributed by atoms with Crippen molar-refractivity contribution in [1.29, 1.82) is 0 Å². The highest BCUT2D eigenvalue weighted by Gasteiger charge is 2.35. The zero-order valence-electron chi connectivity index (χ0n) is 13.0. The zero-order chi connectivity index (χ0) is 14.1.